The number of carbonyl (C=O) groups is 2. The van der Waals surface area contributed by atoms with Crippen LogP contribution in [-0.2, 0) is 16.6 Å². The third-order valence-corrected chi connectivity index (χ3v) is 4.72. The molecule has 5 nitrogen and oxygen atoms in total. The van der Waals surface area contributed by atoms with Crippen molar-refractivity contribution in [2.45, 2.75) is 59.4 Å². The van der Waals surface area contributed by atoms with E-state index in [0.717, 1.165) is 6.42 Å². The van der Waals surface area contributed by atoms with Crippen LogP contribution in [0.5, 0.6) is 0 Å². The molecule has 0 saturated heterocycles. The number of amides is 2. The van der Waals surface area contributed by atoms with E-state index >= 15 is 0 Å². The summed E-state index contributed by atoms with van der Waals surface area (Å²) in [6, 6.07) is 7.03. The molecule has 27 heavy (non-hydrogen) atoms. The molecule has 1 atom stereocenters. The van der Waals surface area contributed by atoms with Gasteiger partial charge in [0.05, 0.1) is 6.26 Å². The van der Waals surface area contributed by atoms with Gasteiger partial charge in [-0.15, -0.1) is 0 Å². The molecule has 0 radical (unpaired) electrons. The molecule has 1 aromatic heterocycles. The molecule has 0 saturated carbocycles. The Kier molecular flexibility index (Phi) is 6.47. The van der Waals surface area contributed by atoms with Gasteiger partial charge in [-0.1, -0.05) is 32.9 Å². The van der Waals surface area contributed by atoms with Gasteiger partial charge in [-0.25, -0.2) is 0 Å². The maximum Gasteiger partial charge on any atom is 0.287 e. The maximum atomic E-state index is 12.2. The van der Waals surface area contributed by atoms with Gasteiger partial charge < -0.3 is 15.1 Å². The van der Waals surface area contributed by atoms with Gasteiger partial charge in [0.1, 0.15) is 6.04 Å². The molecular formula is C22H30N2O3. The average molecular weight is 370 g/mol. The number of benzene rings is 1. The molecular weight excluding hydrogens is 340 g/mol. The Morgan fingerprint density at radius 2 is 1.78 bits per heavy atom. The van der Waals surface area contributed by atoms with Crippen molar-refractivity contribution < 1.29 is 14.0 Å². The number of hydrogen-bond donors (Lipinski definition) is 2. The number of carbonyl (C=O) groups excluding carboxylic acids is 2. The van der Waals surface area contributed by atoms with E-state index in [-0.39, 0.29) is 17.1 Å². The fraction of sp³-hybridized carbons (Fsp3) is 0.455. The Morgan fingerprint density at radius 1 is 1.15 bits per heavy atom. The summed E-state index contributed by atoms with van der Waals surface area (Å²) in [5.41, 5.74) is 5.18. The van der Waals surface area contributed by atoms with Crippen LogP contribution < -0.4 is 10.6 Å². The molecule has 1 aromatic carbocycles. The van der Waals surface area contributed by atoms with Crippen LogP contribution >= 0.6 is 0 Å². The van der Waals surface area contributed by atoms with Crippen LogP contribution in [0.2, 0.25) is 0 Å². The zero-order chi connectivity index (χ0) is 20.2. The van der Waals surface area contributed by atoms with E-state index in [9.17, 15) is 9.59 Å². The van der Waals surface area contributed by atoms with Gasteiger partial charge in [-0.3, -0.25) is 9.59 Å². The van der Waals surface area contributed by atoms with Crippen molar-refractivity contribution in [1.29, 1.82) is 0 Å². The molecule has 2 rings (SSSR count). The van der Waals surface area contributed by atoms with Crippen molar-refractivity contribution in [2.75, 3.05) is 6.54 Å². The molecule has 0 fully saturated rings. The molecule has 5 heteroatoms. The zero-order valence-electron chi connectivity index (χ0n) is 17.1. The number of hydrogen-bond acceptors (Lipinski definition) is 3. The highest BCUT2D eigenvalue weighted by molar-refractivity contribution is 5.95. The van der Waals surface area contributed by atoms with Crippen LogP contribution in [0.3, 0.4) is 0 Å². The van der Waals surface area contributed by atoms with Gasteiger partial charge in [0.2, 0.25) is 5.91 Å². The van der Waals surface area contributed by atoms with Crippen LogP contribution in [0, 0.1) is 13.8 Å². The number of nitrogens with one attached hydrogen (secondary N) is 2. The summed E-state index contributed by atoms with van der Waals surface area (Å²) in [4.78, 5) is 24.2. The van der Waals surface area contributed by atoms with Crippen LogP contribution in [0.4, 0.5) is 0 Å². The Labute approximate surface area is 161 Å². The van der Waals surface area contributed by atoms with Crippen LogP contribution in [0.25, 0.3) is 0 Å². The van der Waals surface area contributed by atoms with Crippen molar-refractivity contribution in [2.24, 2.45) is 0 Å². The van der Waals surface area contributed by atoms with Gasteiger partial charge >= 0.3 is 0 Å². The first-order valence-corrected chi connectivity index (χ1v) is 9.32. The van der Waals surface area contributed by atoms with Crippen molar-refractivity contribution >= 4 is 11.8 Å². The normalized spacial score (nSPS) is 12.5. The van der Waals surface area contributed by atoms with Gasteiger partial charge in [0.25, 0.3) is 5.91 Å². The third kappa shape index (κ3) is 5.46. The highest BCUT2D eigenvalue weighted by atomic mass is 16.3. The Balaban J connectivity index is 1.90. The fourth-order valence-electron chi connectivity index (χ4n) is 3.03. The van der Waals surface area contributed by atoms with Crippen molar-refractivity contribution in [3.63, 3.8) is 0 Å². The Morgan fingerprint density at radius 3 is 2.30 bits per heavy atom. The molecule has 0 aliphatic heterocycles. The first-order valence-electron chi connectivity index (χ1n) is 9.32. The topological polar surface area (TPSA) is 71.3 Å². The minimum absolute atomic E-state index is 0.115. The second kappa shape index (κ2) is 8.42. The number of furan rings is 1. The molecule has 1 heterocycles. The molecule has 2 N–H and O–H groups in total. The minimum Gasteiger partial charge on any atom is -0.459 e. The maximum absolute atomic E-state index is 12.2. The fourth-order valence-corrected chi connectivity index (χ4v) is 3.03. The summed E-state index contributed by atoms with van der Waals surface area (Å²) in [5.74, 6) is -0.413. The van der Waals surface area contributed by atoms with E-state index < -0.39 is 11.9 Å². The molecule has 0 aliphatic rings. The first-order chi connectivity index (χ1) is 12.6. The van der Waals surface area contributed by atoms with E-state index in [1.807, 2.05) is 0 Å². The highest BCUT2D eigenvalue weighted by Crippen LogP contribution is 2.27. The molecule has 0 unspecified atom stereocenters. The number of aryl methyl sites for hydroxylation is 2. The Bertz CT molecular complexity index is 778. The zero-order valence-corrected chi connectivity index (χ0v) is 17.1. The van der Waals surface area contributed by atoms with Gasteiger partial charge in [-0.2, -0.15) is 0 Å². The first kappa shape index (κ1) is 20.7. The average Bonchev–Trinajstić information content (AvgIpc) is 3.10. The Hall–Kier alpha value is -2.56. The summed E-state index contributed by atoms with van der Waals surface area (Å²) in [6.45, 7) is 13.0. The lowest BCUT2D eigenvalue weighted by Gasteiger charge is -2.22. The molecule has 0 bridgehead atoms. The standard InChI is InChI=1S/C22H30N2O3/c1-14-12-17(22(4,5)6)13-15(2)18(14)9-10-23-20(25)16(3)24-21(26)19-8-7-11-27-19/h7-8,11-13,16H,9-10H2,1-6H3,(H,23,25)(H,24,26)/t16-/m1/s1. The van der Waals surface area contributed by atoms with E-state index in [1.54, 1.807) is 19.1 Å². The number of rotatable bonds is 6. The van der Waals surface area contributed by atoms with E-state index in [4.69, 9.17) is 4.42 Å². The van der Waals surface area contributed by atoms with Crippen molar-refractivity contribution in [3.05, 3.63) is 58.5 Å². The SMILES string of the molecule is Cc1cc(C(C)(C)C)cc(C)c1CCNC(=O)[C@@H](C)NC(=O)c1ccco1. The van der Waals surface area contributed by atoms with E-state index in [0.29, 0.717) is 6.54 Å². The summed E-state index contributed by atoms with van der Waals surface area (Å²) in [7, 11) is 0. The smallest absolute Gasteiger partial charge is 0.287 e. The second-order valence-corrected chi connectivity index (χ2v) is 8.05. The van der Waals surface area contributed by atoms with Crippen LogP contribution in [0.1, 0.15) is 60.5 Å². The van der Waals surface area contributed by atoms with Gasteiger partial charge in [0.15, 0.2) is 5.76 Å². The van der Waals surface area contributed by atoms with Crippen LogP contribution in [0.15, 0.2) is 34.9 Å². The lowest BCUT2D eigenvalue weighted by atomic mass is 9.83. The second-order valence-electron chi connectivity index (χ2n) is 8.05. The third-order valence-electron chi connectivity index (χ3n) is 4.72. The van der Waals surface area contributed by atoms with E-state index in [2.05, 4.69) is 57.4 Å². The minimum atomic E-state index is -0.631. The summed E-state index contributed by atoms with van der Waals surface area (Å²) in [6.07, 6.45) is 2.18. The van der Waals surface area contributed by atoms with E-state index in [1.165, 1.54) is 28.5 Å². The molecule has 2 amide bonds. The largest absolute Gasteiger partial charge is 0.459 e. The van der Waals surface area contributed by atoms with Crippen molar-refractivity contribution in [1.82, 2.24) is 10.6 Å². The summed E-state index contributed by atoms with van der Waals surface area (Å²) >= 11 is 0. The predicted molar refractivity (Wildman–Crippen MR) is 107 cm³/mol. The molecule has 0 aliphatic carbocycles. The summed E-state index contributed by atoms with van der Waals surface area (Å²) in [5, 5.41) is 5.53. The molecule has 2 aromatic rings. The molecule has 146 valence electrons. The predicted octanol–water partition coefficient (Wildman–Crippen LogP) is 3.67. The van der Waals surface area contributed by atoms with Crippen molar-refractivity contribution in [3.8, 4) is 0 Å². The lowest BCUT2D eigenvalue weighted by molar-refractivity contribution is -0.122. The van der Waals surface area contributed by atoms with Gasteiger partial charge in [0, 0.05) is 6.54 Å². The monoisotopic (exact) mass is 370 g/mol. The molecule has 0 spiro atoms. The highest BCUT2D eigenvalue weighted by Gasteiger charge is 2.19. The summed E-state index contributed by atoms with van der Waals surface area (Å²) < 4.78 is 5.03. The quantitative estimate of drug-likeness (QED) is 0.815. The lowest BCUT2D eigenvalue weighted by Crippen LogP contribution is -2.45. The van der Waals surface area contributed by atoms with Crippen LogP contribution in [-0.4, -0.2) is 24.4 Å². The van der Waals surface area contributed by atoms with Gasteiger partial charge in [-0.05, 0) is 67.0 Å².